The van der Waals surface area contributed by atoms with Crippen molar-refractivity contribution in [1.82, 2.24) is 10.2 Å². The van der Waals surface area contributed by atoms with E-state index < -0.39 is 0 Å². The van der Waals surface area contributed by atoms with Crippen molar-refractivity contribution in [3.63, 3.8) is 0 Å². The quantitative estimate of drug-likeness (QED) is 0.852. The third-order valence-electron chi connectivity index (χ3n) is 3.45. The Kier molecular flexibility index (Phi) is 4.43. The predicted octanol–water partition coefficient (Wildman–Crippen LogP) is 2.89. The van der Waals surface area contributed by atoms with E-state index in [2.05, 4.69) is 19.2 Å². The third kappa shape index (κ3) is 3.07. The fourth-order valence-corrected chi connectivity index (χ4v) is 2.94. The summed E-state index contributed by atoms with van der Waals surface area (Å²) in [6.45, 7) is 6.49. The van der Waals surface area contributed by atoms with Gasteiger partial charge in [-0.3, -0.25) is 4.79 Å². The molecule has 0 bridgehead atoms. The van der Waals surface area contributed by atoms with E-state index >= 15 is 0 Å². The largest absolute Gasteiger partial charge is 0.331 e. The van der Waals surface area contributed by atoms with Crippen LogP contribution in [0.4, 0.5) is 0 Å². The smallest absolute Gasteiger partial charge is 0.255 e. The van der Waals surface area contributed by atoms with Crippen LogP contribution >= 0.6 is 23.4 Å². The van der Waals surface area contributed by atoms with Gasteiger partial charge in [-0.2, -0.15) is 0 Å². The van der Waals surface area contributed by atoms with Crippen LogP contribution in [0.5, 0.6) is 0 Å². The lowest BCUT2D eigenvalue weighted by atomic mass is 9.98. The minimum Gasteiger partial charge on any atom is -0.331 e. The lowest BCUT2D eigenvalue weighted by molar-refractivity contribution is 0.0477. The summed E-state index contributed by atoms with van der Waals surface area (Å²) < 4.78 is 0. The maximum Gasteiger partial charge on any atom is 0.255 e. The minimum atomic E-state index is -0.186. The molecule has 1 amide bonds. The highest BCUT2D eigenvalue weighted by molar-refractivity contribution is 7.98. The second-order valence-corrected chi connectivity index (χ2v) is 6.58. The van der Waals surface area contributed by atoms with E-state index in [0.29, 0.717) is 17.1 Å². The summed E-state index contributed by atoms with van der Waals surface area (Å²) in [6, 6.07) is 5.62. The van der Waals surface area contributed by atoms with Crippen LogP contribution in [-0.4, -0.2) is 42.2 Å². The Morgan fingerprint density at radius 2 is 2.21 bits per heavy atom. The Bertz CT molecular complexity index is 490. The van der Waals surface area contributed by atoms with Crippen LogP contribution in [-0.2, 0) is 0 Å². The molecule has 1 saturated heterocycles. The SMILES string of the molecule is CSc1ccc(Cl)c(C(=O)N2CCNCC2(C)C)c1. The van der Waals surface area contributed by atoms with Crippen molar-refractivity contribution >= 4 is 29.3 Å². The normalized spacial score (nSPS) is 18.4. The number of thioether (sulfide) groups is 1. The number of halogens is 1. The first kappa shape index (κ1) is 14.7. The molecular formula is C14H19ClN2OS. The van der Waals surface area contributed by atoms with Crippen LogP contribution in [0, 0.1) is 0 Å². The van der Waals surface area contributed by atoms with Crippen LogP contribution in [0.1, 0.15) is 24.2 Å². The molecule has 0 saturated carbocycles. The first-order valence-corrected chi connectivity index (χ1v) is 7.92. The van der Waals surface area contributed by atoms with Crippen molar-refractivity contribution in [3.8, 4) is 0 Å². The number of amides is 1. The molecule has 3 nitrogen and oxygen atoms in total. The summed E-state index contributed by atoms with van der Waals surface area (Å²) in [4.78, 5) is 15.7. The molecular weight excluding hydrogens is 280 g/mol. The summed E-state index contributed by atoms with van der Waals surface area (Å²) in [5.74, 6) is 0.0207. The molecule has 0 radical (unpaired) electrons. The van der Waals surface area contributed by atoms with Crippen molar-refractivity contribution in [2.24, 2.45) is 0 Å². The van der Waals surface area contributed by atoms with Crippen LogP contribution in [0.15, 0.2) is 23.1 Å². The topological polar surface area (TPSA) is 32.3 Å². The molecule has 1 N–H and O–H groups in total. The number of benzene rings is 1. The molecule has 1 fully saturated rings. The molecule has 0 spiro atoms. The van der Waals surface area contributed by atoms with Crippen LogP contribution in [0.25, 0.3) is 0 Å². The minimum absolute atomic E-state index is 0.0207. The summed E-state index contributed by atoms with van der Waals surface area (Å²) in [5, 5.41) is 3.84. The Morgan fingerprint density at radius 1 is 1.47 bits per heavy atom. The second-order valence-electron chi connectivity index (χ2n) is 5.29. The van der Waals surface area contributed by atoms with Crippen LogP contribution in [0.2, 0.25) is 5.02 Å². The molecule has 1 aliphatic heterocycles. The van der Waals surface area contributed by atoms with Crippen LogP contribution < -0.4 is 5.32 Å². The van der Waals surface area contributed by atoms with Gasteiger partial charge in [0.1, 0.15) is 0 Å². The summed E-state index contributed by atoms with van der Waals surface area (Å²) in [7, 11) is 0. The fourth-order valence-electron chi connectivity index (χ4n) is 2.30. The maximum absolute atomic E-state index is 12.7. The van der Waals surface area contributed by atoms with Crippen molar-refractivity contribution < 1.29 is 4.79 Å². The molecule has 1 aromatic rings. The van der Waals surface area contributed by atoms with Gasteiger partial charge in [0.25, 0.3) is 5.91 Å². The van der Waals surface area contributed by atoms with Crippen LogP contribution in [0.3, 0.4) is 0 Å². The van der Waals surface area contributed by atoms with E-state index in [0.717, 1.165) is 18.0 Å². The lowest BCUT2D eigenvalue weighted by Crippen LogP contribution is -2.59. The lowest BCUT2D eigenvalue weighted by Gasteiger charge is -2.43. The molecule has 19 heavy (non-hydrogen) atoms. The molecule has 2 rings (SSSR count). The highest BCUT2D eigenvalue weighted by Gasteiger charge is 2.34. The van der Waals surface area contributed by atoms with Crippen molar-refractivity contribution in [3.05, 3.63) is 28.8 Å². The van der Waals surface area contributed by atoms with Crippen molar-refractivity contribution in [1.29, 1.82) is 0 Å². The van der Waals surface area contributed by atoms with Gasteiger partial charge in [0.05, 0.1) is 16.1 Å². The Morgan fingerprint density at radius 3 is 2.84 bits per heavy atom. The fraction of sp³-hybridized carbons (Fsp3) is 0.500. The number of carbonyl (C=O) groups is 1. The molecule has 0 aromatic heterocycles. The number of nitrogens with zero attached hydrogens (tertiary/aromatic N) is 1. The number of carbonyl (C=O) groups excluding carboxylic acids is 1. The van der Waals surface area contributed by atoms with E-state index in [1.807, 2.05) is 23.3 Å². The van der Waals surface area contributed by atoms with Gasteiger partial charge in [0, 0.05) is 24.5 Å². The third-order valence-corrected chi connectivity index (χ3v) is 4.50. The maximum atomic E-state index is 12.7. The Labute approximate surface area is 123 Å². The molecule has 0 unspecified atom stereocenters. The average molecular weight is 299 g/mol. The molecule has 104 valence electrons. The monoisotopic (exact) mass is 298 g/mol. The van der Waals surface area contributed by atoms with E-state index in [9.17, 15) is 4.79 Å². The zero-order chi connectivity index (χ0) is 14.0. The highest BCUT2D eigenvalue weighted by atomic mass is 35.5. The van der Waals surface area contributed by atoms with Crippen molar-refractivity contribution in [2.75, 3.05) is 25.9 Å². The van der Waals surface area contributed by atoms with Gasteiger partial charge in [-0.1, -0.05) is 11.6 Å². The van der Waals surface area contributed by atoms with Gasteiger partial charge in [-0.05, 0) is 38.3 Å². The Balaban J connectivity index is 2.33. The number of rotatable bonds is 2. The molecule has 0 aliphatic carbocycles. The number of hydrogen-bond acceptors (Lipinski definition) is 3. The number of nitrogens with one attached hydrogen (secondary N) is 1. The van der Waals surface area contributed by atoms with Gasteiger partial charge in [0.2, 0.25) is 0 Å². The van der Waals surface area contributed by atoms with Gasteiger partial charge < -0.3 is 10.2 Å². The van der Waals surface area contributed by atoms with E-state index in [4.69, 9.17) is 11.6 Å². The van der Waals surface area contributed by atoms with Gasteiger partial charge >= 0.3 is 0 Å². The molecule has 1 aromatic carbocycles. The molecule has 0 atom stereocenters. The van der Waals surface area contributed by atoms with Crippen molar-refractivity contribution in [2.45, 2.75) is 24.3 Å². The first-order chi connectivity index (χ1) is 8.95. The molecule has 1 aliphatic rings. The van der Waals surface area contributed by atoms with E-state index in [1.54, 1.807) is 17.8 Å². The average Bonchev–Trinajstić information content (AvgIpc) is 2.38. The summed E-state index contributed by atoms with van der Waals surface area (Å²) >= 11 is 7.80. The standard InChI is InChI=1S/C14H19ClN2OS/c1-14(2)9-16-6-7-17(14)13(18)11-8-10(19-3)4-5-12(11)15/h4-5,8,16H,6-7,9H2,1-3H3. The second kappa shape index (κ2) is 5.73. The highest BCUT2D eigenvalue weighted by Crippen LogP contribution is 2.27. The van der Waals surface area contributed by atoms with Gasteiger partial charge in [-0.15, -0.1) is 11.8 Å². The van der Waals surface area contributed by atoms with Gasteiger partial charge in [-0.25, -0.2) is 0 Å². The van der Waals surface area contributed by atoms with Gasteiger partial charge in [0.15, 0.2) is 0 Å². The van der Waals surface area contributed by atoms with E-state index in [-0.39, 0.29) is 11.4 Å². The molecule has 5 heteroatoms. The molecule has 1 heterocycles. The van der Waals surface area contributed by atoms with E-state index in [1.165, 1.54) is 0 Å². The summed E-state index contributed by atoms with van der Waals surface area (Å²) in [5.41, 5.74) is 0.414. The zero-order valence-electron chi connectivity index (χ0n) is 11.5. The number of hydrogen-bond donors (Lipinski definition) is 1. The Hall–Kier alpha value is -0.710. The first-order valence-electron chi connectivity index (χ1n) is 6.32. The zero-order valence-corrected chi connectivity index (χ0v) is 13.1. The number of piperazine rings is 1. The predicted molar refractivity (Wildman–Crippen MR) is 81.2 cm³/mol. The summed E-state index contributed by atoms with van der Waals surface area (Å²) in [6.07, 6.45) is 1.99.